The molecule has 0 amide bonds. The maximum atomic E-state index is 12.1. The highest BCUT2D eigenvalue weighted by atomic mass is 16.3. The zero-order valence-electron chi connectivity index (χ0n) is 12.6. The lowest BCUT2D eigenvalue weighted by Gasteiger charge is -2.17. The van der Waals surface area contributed by atoms with Crippen LogP contribution in [-0.4, -0.2) is 29.8 Å². The molecule has 0 radical (unpaired) electrons. The second-order valence-corrected chi connectivity index (χ2v) is 5.14. The van der Waals surface area contributed by atoms with E-state index >= 15 is 0 Å². The number of aliphatic hydroxyl groups excluding tert-OH is 1. The van der Waals surface area contributed by atoms with Crippen molar-refractivity contribution in [3.8, 4) is 0 Å². The van der Waals surface area contributed by atoms with Gasteiger partial charge in [-0.2, -0.15) is 0 Å². The fraction of sp³-hybridized carbons (Fsp3) is 0.250. The predicted molar refractivity (Wildman–Crippen MR) is 85.2 cm³/mol. The van der Waals surface area contributed by atoms with Crippen LogP contribution in [0.25, 0.3) is 0 Å². The number of benzene rings is 1. The van der Waals surface area contributed by atoms with Gasteiger partial charge in [-0.25, -0.2) is 0 Å². The lowest BCUT2D eigenvalue weighted by Crippen LogP contribution is -2.28. The highest BCUT2D eigenvalue weighted by Crippen LogP contribution is 2.24. The number of nitrogens with one attached hydrogen (secondary N) is 2. The molecule has 0 aromatic heterocycles. The summed E-state index contributed by atoms with van der Waals surface area (Å²) in [6.45, 7) is 3.85. The lowest BCUT2D eigenvalue weighted by atomic mass is 10.0. The Hall–Kier alpha value is -2.60. The molecular formula is C16H19N3O3. The predicted octanol–water partition coefficient (Wildman–Crippen LogP) is 0.799. The molecule has 5 N–H and O–H groups in total. The van der Waals surface area contributed by atoms with Crippen molar-refractivity contribution in [3.05, 3.63) is 46.8 Å². The Bertz CT molecular complexity index is 690. The lowest BCUT2D eigenvalue weighted by molar-refractivity contribution is -0.115. The van der Waals surface area contributed by atoms with E-state index < -0.39 is 0 Å². The molecule has 1 aliphatic rings. The van der Waals surface area contributed by atoms with Crippen molar-refractivity contribution in [2.24, 2.45) is 0 Å². The number of carbonyl (C=O) groups is 2. The summed E-state index contributed by atoms with van der Waals surface area (Å²) < 4.78 is 0. The topological polar surface area (TPSA) is 104 Å². The van der Waals surface area contributed by atoms with Crippen LogP contribution in [0.3, 0.4) is 0 Å². The smallest absolute Gasteiger partial charge is 0.204 e. The molecule has 0 saturated carbocycles. The number of hydrogen-bond acceptors (Lipinski definition) is 6. The Morgan fingerprint density at radius 1 is 1.05 bits per heavy atom. The van der Waals surface area contributed by atoms with E-state index in [9.17, 15) is 9.59 Å². The maximum Gasteiger partial charge on any atom is 0.204 e. The average molecular weight is 301 g/mol. The zero-order valence-corrected chi connectivity index (χ0v) is 12.6. The Morgan fingerprint density at radius 3 is 2.36 bits per heavy atom. The number of nitrogen functional groups attached to an aromatic ring is 1. The number of carbonyl (C=O) groups excluding carboxylic acids is 2. The standard InChI is InChI=1S/C16H19N3O3/c1-9-6-12(10(2)5-11(9)17)19-14-8-15(21)13(7-16(14)22)18-3-4-20/h5-8,18-20H,3-4,17H2,1-2H3. The van der Waals surface area contributed by atoms with Crippen LogP contribution < -0.4 is 16.4 Å². The van der Waals surface area contributed by atoms with E-state index in [1.54, 1.807) is 0 Å². The van der Waals surface area contributed by atoms with Crippen molar-refractivity contribution in [3.63, 3.8) is 0 Å². The SMILES string of the molecule is Cc1cc(NC2=CC(=O)C(NCCO)=CC2=O)c(C)cc1N. The van der Waals surface area contributed by atoms with E-state index in [-0.39, 0.29) is 36.1 Å². The molecule has 0 aliphatic heterocycles. The Kier molecular flexibility index (Phi) is 4.62. The summed E-state index contributed by atoms with van der Waals surface area (Å²) in [7, 11) is 0. The largest absolute Gasteiger partial charge is 0.399 e. The van der Waals surface area contributed by atoms with E-state index in [0.717, 1.165) is 16.8 Å². The van der Waals surface area contributed by atoms with Crippen molar-refractivity contribution < 1.29 is 14.7 Å². The summed E-state index contributed by atoms with van der Waals surface area (Å²) >= 11 is 0. The van der Waals surface area contributed by atoms with E-state index in [2.05, 4.69) is 10.6 Å². The third-order valence-electron chi connectivity index (χ3n) is 3.39. The van der Waals surface area contributed by atoms with Gasteiger partial charge in [0.05, 0.1) is 18.0 Å². The molecule has 1 aliphatic carbocycles. The van der Waals surface area contributed by atoms with Crippen LogP contribution in [0.15, 0.2) is 35.7 Å². The van der Waals surface area contributed by atoms with Crippen LogP contribution in [-0.2, 0) is 9.59 Å². The minimum atomic E-state index is -0.305. The van der Waals surface area contributed by atoms with E-state index in [1.807, 2.05) is 26.0 Å². The molecule has 6 heteroatoms. The Balaban J connectivity index is 2.20. The molecule has 116 valence electrons. The van der Waals surface area contributed by atoms with Crippen molar-refractivity contribution in [2.45, 2.75) is 13.8 Å². The minimum Gasteiger partial charge on any atom is -0.399 e. The fourth-order valence-corrected chi connectivity index (χ4v) is 2.10. The Labute approximate surface area is 128 Å². The normalized spacial score (nSPS) is 14.5. The van der Waals surface area contributed by atoms with E-state index in [4.69, 9.17) is 10.8 Å². The van der Waals surface area contributed by atoms with Gasteiger partial charge in [-0.15, -0.1) is 0 Å². The number of aliphatic hydroxyl groups is 1. The molecule has 0 saturated heterocycles. The van der Waals surface area contributed by atoms with Crippen molar-refractivity contribution in [1.82, 2.24) is 5.32 Å². The highest BCUT2D eigenvalue weighted by Gasteiger charge is 2.20. The van der Waals surface area contributed by atoms with Crippen molar-refractivity contribution in [2.75, 3.05) is 24.2 Å². The van der Waals surface area contributed by atoms with Crippen molar-refractivity contribution >= 4 is 22.9 Å². The molecule has 0 heterocycles. The average Bonchev–Trinajstić information content (AvgIpc) is 2.46. The number of anilines is 2. The van der Waals surface area contributed by atoms with E-state index in [1.165, 1.54) is 12.2 Å². The van der Waals surface area contributed by atoms with Gasteiger partial charge in [0.25, 0.3) is 0 Å². The van der Waals surface area contributed by atoms with Gasteiger partial charge >= 0.3 is 0 Å². The van der Waals surface area contributed by atoms with Gasteiger partial charge in [0.2, 0.25) is 11.6 Å². The summed E-state index contributed by atoms with van der Waals surface area (Å²) in [6.07, 6.45) is 2.49. The minimum absolute atomic E-state index is 0.114. The van der Waals surface area contributed by atoms with Crippen LogP contribution in [0, 0.1) is 13.8 Å². The Morgan fingerprint density at radius 2 is 1.68 bits per heavy atom. The van der Waals surface area contributed by atoms with Crippen LogP contribution in [0.5, 0.6) is 0 Å². The quantitative estimate of drug-likeness (QED) is 0.474. The second-order valence-electron chi connectivity index (χ2n) is 5.14. The first-order valence-electron chi connectivity index (χ1n) is 6.93. The molecule has 22 heavy (non-hydrogen) atoms. The molecule has 0 bridgehead atoms. The van der Waals surface area contributed by atoms with Gasteiger partial charge in [-0.3, -0.25) is 9.59 Å². The van der Waals surface area contributed by atoms with Gasteiger partial charge in [0, 0.05) is 30.1 Å². The van der Waals surface area contributed by atoms with Crippen LogP contribution >= 0.6 is 0 Å². The highest BCUT2D eigenvalue weighted by molar-refractivity contribution is 6.20. The first kappa shape index (κ1) is 15.8. The summed E-state index contributed by atoms with van der Waals surface area (Å²) in [5.41, 5.74) is 9.43. The zero-order chi connectivity index (χ0) is 16.3. The van der Waals surface area contributed by atoms with Gasteiger partial charge in [0.15, 0.2) is 0 Å². The molecule has 1 aromatic carbocycles. The van der Waals surface area contributed by atoms with Crippen LogP contribution in [0.2, 0.25) is 0 Å². The molecular weight excluding hydrogens is 282 g/mol. The summed E-state index contributed by atoms with van der Waals surface area (Å²) in [4.78, 5) is 24.0. The van der Waals surface area contributed by atoms with Crippen molar-refractivity contribution in [1.29, 1.82) is 0 Å². The summed E-state index contributed by atoms with van der Waals surface area (Å²) in [5.74, 6) is -0.603. The number of allylic oxidation sites excluding steroid dienone is 2. The molecule has 0 fully saturated rings. The molecule has 2 rings (SSSR count). The van der Waals surface area contributed by atoms with Crippen LogP contribution in [0.1, 0.15) is 11.1 Å². The third kappa shape index (κ3) is 3.35. The second kappa shape index (κ2) is 6.44. The first-order chi connectivity index (χ1) is 10.4. The molecule has 0 atom stereocenters. The number of hydrogen-bond donors (Lipinski definition) is 4. The maximum absolute atomic E-state index is 12.1. The first-order valence-corrected chi connectivity index (χ1v) is 6.93. The number of nitrogens with two attached hydrogens (primary N) is 1. The summed E-state index contributed by atoms with van der Waals surface area (Å²) in [5, 5.41) is 14.5. The van der Waals surface area contributed by atoms with E-state index in [0.29, 0.717) is 5.69 Å². The number of aryl methyl sites for hydroxylation is 2. The molecule has 0 spiro atoms. The monoisotopic (exact) mass is 301 g/mol. The van der Waals surface area contributed by atoms with Crippen LogP contribution in [0.4, 0.5) is 11.4 Å². The summed E-state index contributed by atoms with van der Waals surface area (Å²) in [6, 6.07) is 3.66. The van der Waals surface area contributed by atoms with Gasteiger partial charge in [-0.05, 0) is 37.1 Å². The number of rotatable bonds is 5. The number of ketones is 2. The van der Waals surface area contributed by atoms with Gasteiger partial charge in [-0.1, -0.05) is 0 Å². The third-order valence-corrected chi connectivity index (χ3v) is 3.39. The fourth-order valence-electron chi connectivity index (χ4n) is 2.10. The molecule has 6 nitrogen and oxygen atoms in total. The molecule has 1 aromatic rings. The van der Waals surface area contributed by atoms with Gasteiger partial charge < -0.3 is 21.5 Å². The molecule has 0 unspecified atom stereocenters. The van der Waals surface area contributed by atoms with Gasteiger partial charge in [0.1, 0.15) is 0 Å².